The number of hydrogen-bond donors (Lipinski definition) is 1. The molecule has 1 N–H and O–H groups in total. The van der Waals surface area contributed by atoms with E-state index in [0.29, 0.717) is 11.6 Å². The van der Waals surface area contributed by atoms with Gasteiger partial charge < -0.3 is 5.32 Å². The number of hydrogen-bond acceptors (Lipinski definition) is 3. The normalized spacial score (nSPS) is 11.8. The predicted molar refractivity (Wildman–Crippen MR) is 81.5 cm³/mol. The molecule has 0 aliphatic carbocycles. The Labute approximate surface area is 118 Å². The van der Waals surface area contributed by atoms with Crippen LogP contribution in [0.3, 0.4) is 0 Å². The Hall–Kier alpha value is -1.79. The summed E-state index contributed by atoms with van der Waals surface area (Å²) in [6, 6.07) is 12.7. The number of rotatable bonds is 5. The highest BCUT2D eigenvalue weighted by Crippen LogP contribution is 2.29. The summed E-state index contributed by atoms with van der Waals surface area (Å²) < 4.78 is 0. The Morgan fingerprint density at radius 1 is 1.37 bits per heavy atom. The summed E-state index contributed by atoms with van der Waals surface area (Å²) in [5.74, 6) is 0. The van der Waals surface area contributed by atoms with Gasteiger partial charge in [-0.3, -0.25) is 0 Å². The van der Waals surface area contributed by atoms with Gasteiger partial charge in [0.05, 0.1) is 17.3 Å². The van der Waals surface area contributed by atoms with Gasteiger partial charge in [-0.1, -0.05) is 25.5 Å². The molecule has 0 radical (unpaired) electrons. The molecule has 1 aromatic carbocycles. The molecule has 0 spiro atoms. The molecule has 1 aromatic heterocycles. The zero-order valence-corrected chi connectivity index (χ0v) is 12.1. The van der Waals surface area contributed by atoms with E-state index >= 15 is 0 Å². The van der Waals surface area contributed by atoms with Gasteiger partial charge in [0.25, 0.3) is 0 Å². The van der Waals surface area contributed by atoms with Gasteiger partial charge >= 0.3 is 0 Å². The molecule has 1 unspecified atom stereocenters. The van der Waals surface area contributed by atoms with Crippen molar-refractivity contribution in [2.24, 2.45) is 0 Å². The molecule has 0 saturated heterocycles. The Morgan fingerprint density at radius 3 is 2.84 bits per heavy atom. The summed E-state index contributed by atoms with van der Waals surface area (Å²) in [6.45, 7) is 4.23. The van der Waals surface area contributed by atoms with Gasteiger partial charge in [-0.25, -0.2) is 0 Å². The zero-order valence-electron chi connectivity index (χ0n) is 11.3. The van der Waals surface area contributed by atoms with Crippen molar-refractivity contribution in [3.05, 3.63) is 51.7 Å². The van der Waals surface area contributed by atoms with Crippen molar-refractivity contribution in [1.29, 1.82) is 5.26 Å². The molecule has 19 heavy (non-hydrogen) atoms. The maximum Gasteiger partial charge on any atom is 0.101 e. The van der Waals surface area contributed by atoms with Gasteiger partial charge in [0, 0.05) is 4.88 Å². The van der Waals surface area contributed by atoms with Crippen molar-refractivity contribution in [3.63, 3.8) is 0 Å². The molecule has 0 fully saturated rings. The van der Waals surface area contributed by atoms with Crippen LogP contribution in [0.1, 0.15) is 41.8 Å². The van der Waals surface area contributed by atoms with Crippen molar-refractivity contribution in [2.45, 2.75) is 32.7 Å². The first kappa shape index (κ1) is 13.6. The van der Waals surface area contributed by atoms with Crippen molar-refractivity contribution < 1.29 is 0 Å². The lowest BCUT2D eigenvalue weighted by Crippen LogP contribution is -2.10. The standard InChI is InChI=1S/C16H18N2S/c1-3-5-14(16-6-4-9-19-16)18-15-10-12(2)7-8-13(15)11-17/h4,6-10,14,18H,3,5H2,1-2H3. The summed E-state index contributed by atoms with van der Waals surface area (Å²) in [5, 5.41) is 14.8. The number of aryl methyl sites for hydroxylation is 1. The van der Waals surface area contributed by atoms with E-state index in [-0.39, 0.29) is 0 Å². The fourth-order valence-corrected chi connectivity index (χ4v) is 2.94. The lowest BCUT2D eigenvalue weighted by Gasteiger charge is -2.19. The molecule has 0 bridgehead atoms. The molecular formula is C16H18N2S. The predicted octanol–water partition coefficient (Wildman–Crippen LogP) is 4.88. The van der Waals surface area contributed by atoms with Crippen LogP contribution in [0.4, 0.5) is 5.69 Å². The molecule has 0 saturated carbocycles. The van der Waals surface area contributed by atoms with E-state index in [9.17, 15) is 5.26 Å². The summed E-state index contributed by atoms with van der Waals surface area (Å²) in [5.41, 5.74) is 2.82. The molecule has 1 atom stereocenters. The van der Waals surface area contributed by atoms with Crippen LogP contribution in [0.15, 0.2) is 35.7 Å². The van der Waals surface area contributed by atoms with Gasteiger partial charge in [0.15, 0.2) is 0 Å². The molecular weight excluding hydrogens is 252 g/mol. The van der Waals surface area contributed by atoms with Crippen LogP contribution >= 0.6 is 11.3 Å². The van der Waals surface area contributed by atoms with Gasteiger partial charge in [-0.05, 0) is 42.5 Å². The Morgan fingerprint density at radius 2 is 2.21 bits per heavy atom. The third-order valence-corrected chi connectivity index (χ3v) is 4.08. The maximum absolute atomic E-state index is 9.20. The van der Waals surface area contributed by atoms with E-state index in [1.165, 1.54) is 10.4 Å². The third-order valence-electron chi connectivity index (χ3n) is 3.09. The molecule has 3 heteroatoms. The van der Waals surface area contributed by atoms with Crippen LogP contribution in [0.25, 0.3) is 0 Å². The minimum Gasteiger partial charge on any atom is -0.376 e. The van der Waals surface area contributed by atoms with E-state index in [1.807, 2.05) is 19.1 Å². The second-order valence-electron chi connectivity index (χ2n) is 4.66. The first-order valence-electron chi connectivity index (χ1n) is 6.55. The molecule has 0 aliphatic rings. The Kier molecular flexibility index (Phi) is 4.59. The van der Waals surface area contributed by atoms with Crippen LogP contribution in [-0.4, -0.2) is 0 Å². The summed E-state index contributed by atoms with van der Waals surface area (Å²) in [7, 11) is 0. The second-order valence-corrected chi connectivity index (χ2v) is 5.64. The minimum absolute atomic E-state index is 0.291. The van der Waals surface area contributed by atoms with Crippen LogP contribution < -0.4 is 5.32 Å². The van der Waals surface area contributed by atoms with Crippen molar-refractivity contribution in [3.8, 4) is 6.07 Å². The van der Waals surface area contributed by atoms with Gasteiger partial charge in [0.1, 0.15) is 6.07 Å². The number of nitrogens with one attached hydrogen (secondary N) is 1. The van der Waals surface area contributed by atoms with Gasteiger partial charge in [-0.2, -0.15) is 5.26 Å². The molecule has 2 rings (SSSR count). The number of nitriles is 1. The summed E-state index contributed by atoms with van der Waals surface area (Å²) in [6.07, 6.45) is 2.18. The van der Waals surface area contributed by atoms with Crippen molar-refractivity contribution in [2.75, 3.05) is 5.32 Å². The van der Waals surface area contributed by atoms with Crippen LogP contribution in [0, 0.1) is 18.3 Å². The van der Waals surface area contributed by atoms with Crippen molar-refractivity contribution >= 4 is 17.0 Å². The quantitative estimate of drug-likeness (QED) is 0.840. The number of thiophene rings is 1. The number of benzene rings is 1. The van der Waals surface area contributed by atoms with Crippen LogP contribution in [0.2, 0.25) is 0 Å². The summed E-state index contributed by atoms with van der Waals surface area (Å²) in [4.78, 5) is 1.33. The highest BCUT2D eigenvalue weighted by Gasteiger charge is 2.13. The lowest BCUT2D eigenvalue weighted by atomic mass is 10.1. The van der Waals surface area contributed by atoms with Crippen LogP contribution in [0.5, 0.6) is 0 Å². The molecule has 2 aromatic rings. The number of anilines is 1. The smallest absolute Gasteiger partial charge is 0.101 e. The second kappa shape index (κ2) is 6.40. The average Bonchev–Trinajstić information content (AvgIpc) is 2.92. The number of nitrogens with zero attached hydrogens (tertiary/aromatic N) is 1. The Balaban J connectivity index is 2.27. The topological polar surface area (TPSA) is 35.8 Å². The van der Waals surface area contributed by atoms with E-state index < -0.39 is 0 Å². The zero-order chi connectivity index (χ0) is 13.7. The molecule has 0 amide bonds. The lowest BCUT2D eigenvalue weighted by molar-refractivity contribution is 0.687. The van der Waals surface area contributed by atoms with Crippen LogP contribution in [-0.2, 0) is 0 Å². The summed E-state index contributed by atoms with van der Waals surface area (Å²) >= 11 is 1.76. The largest absolute Gasteiger partial charge is 0.376 e. The molecule has 98 valence electrons. The first-order valence-corrected chi connectivity index (χ1v) is 7.43. The highest BCUT2D eigenvalue weighted by molar-refractivity contribution is 7.10. The van der Waals surface area contributed by atoms with Crippen molar-refractivity contribution in [1.82, 2.24) is 0 Å². The molecule has 0 aliphatic heterocycles. The van der Waals surface area contributed by atoms with Gasteiger partial charge in [-0.15, -0.1) is 11.3 Å². The SMILES string of the molecule is CCCC(Nc1cc(C)ccc1C#N)c1cccs1. The van der Waals surface area contributed by atoms with Gasteiger partial charge in [0.2, 0.25) is 0 Å². The fourth-order valence-electron chi connectivity index (χ4n) is 2.13. The third kappa shape index (κ3) is 3.36. The Bertz CT molecular complexity index is 567. The first-order chi connectivity index (χ1) is 9.24. The highest BCUT2D eigenvalue weighted by atomic mass is 32.1. The van der Waals surface area contributed by atoms with E-state index in [1.54, 1.807) is 11.3 Å². The van der Waals surface area contributed by atoms with E-state index in [0.717, 1.165) is 18.5 Å². The maximum atomic E-state index is 9.20. The fraction of sp³-hybridized carbons (Fsp3) is 0.312. The van der Waals surface area contributed by atoms with E-state index in [2.05, 4.69) is 41.9 Å². The monoisotopic (exact) mass is 270 g/mol. The average molecular weight is 270 g/mol. The minimum atomic E-state index is 0.291. The molecule has 2 nitrogen and oxygen atoms in total. The molecule has 1 heterocycles. The van der Waals surface area contributed by atoms with E-state index in [4.69, 9.17) is 0 Å².